The Morgan fingerprint density at radius 2 is 2.10 bits per heavy atom. The maximum Gasteiger partial charge on any atom is 0.237 e. The topological polar surface area (TPSA) is 61.9 Å². The fraction of sp³-hybridized carbons (Fsp3) is 0.400. The number of rotatable bonds is 7. The number of unbranched alkanes of at least 4 members (excludes halogenated alkanes) is 1. The molecule has 0 bridgehead atoms. The van der Waals surface area contributed by atoms with E-state index in [9.17, 15) is 4.79 Å². The number of carbonyl (C=O) groups is 1. The Kier molecular flexibility index (Phi) is 5.80. The maximum absolute atomic E-state index is 12.1. The van der Waals surface area contributed by atoms with Crippen molar-refractivity contribution in [2.45, 2.75) is 31.3 Å². The second kappa shape index (κ2) is 7.83. The normalized spacial score (nSPS) is 10.6. The van der Waals surface area contributed by atoms with Crippen LogP contribution in [0.2, 0.25) is 0 Å². The van der Waals surface area contributed by atoms with Crippen LogP contribution in [-0.4, -0.2) is 33.9 Å². The van der Waals surface area contributed by atoms with Crippen molar-refractivity contribution < 1.29 is 4.79 Å². The van der Waals surface area contributed by atoms with E-state index in [0.29, 0.717) is 10.9 Å². The first kappa shape index (κ1) is 15.6. The van der Waals surface area contributed by atoms with Crippen molar-refractivity contribution in [2.24, 2.45) is 0 Å². The smallest absolute Gasteiger partial charge is 0.237 e. The van der Waals surface area contributed by atoms with Gasteiger partial charge in [-0.25, -0.2) is 4.98 Å². The van der Waals surface area contributed by atoms with Crippen LogP contribution in [0.5, 0.6) is 0 Å². The molecular formula is C15H20N4OS. The molecule has 2 rings (SSSR count). The number of H-pyrrole nitrogens is 1. The minimum Gasteiger partial charge on any atom is -0.315 e. The average Bonchev–Trinajstić information content (AvgIpc) is 2.98. The van der Waals surface area contributed by atoms with Gasteiger partial charge in [0.1, 0.15) is 5.82 Å². The molecule has 0 saturated carbocycles. The number of aromatic amines is 1. The highest BCUT2D eigenvalue weighted by molar-refractivity contribution is 7.99. The van der Waals surface area contributed by atoms with Crippen molar-refractivity contribution in [1.82, 2.24) is 15.2 Å². The van der Waals surface area contributed by atoms with Crippen LogP contribution in [0.1, 0.15) is 25.6 Å². The molecule has 1 N–H and O–H groups in total. The summed E-state index contributed by atoms with van der Waals surface area (Å²) in [6.45, 7) is 2.14. The Hall–Kier alpha value is -1.82. The van der Waals surface area contributed by atoms with Crippen LogP contribution in [0.25, 0.3) is 0 Å². The van der Waals surface area contributed by atoms with Gasteiger partial charge in [0, 0.05) is 19.2 Å². The van der Waals surface area contributed by atoms with E-state index in [1.807, 2.05) is 30.3 Å². The van der Waals surface area contributed by atoms with Crippen LogP contribution in [0.3, 0.4) is 0 Å². The lowest BCUT2D eigenvalue weighted by Crippen LogP contribution is -2.27. The van der Waals surface area contributed by atoms with Gasteiger partial charge >= 0.3 is 0 Å². The number of hydrogen-bond acceptors (Lipinski definition) is 4. The number of aromatic nitrogens is 3. The standard InChI is InChI=1S/C15H20N4OS/c1-3-4-10-13-16-15(18-17-13)21-11-14(20)19(2)12-8-6-5-7-9-12/h5-9H,3-4,10-11H2,1-2H3,(H,16,17,18). The molecule has 0 aliphatic carbocycles. The minimum atomic E-state index is 0.0334. The number of hydrogen-bond donors (Lipinski definition) is 1. The van der Waals surface area contributed by atoms with Gasteiger partial charge < -0.3 is 4.90 Å². The third kappa shape index (κ3) is 4.60. The molecule has 1 heterocycles. The predicted octanol–water partition coefficient (Wildman–Crippen LogP) is 2.90. The molecule has 5 nitrogen and oxygen atoms in total. The van der Waals surface area contributed by atoms with Crippen LogP contribution in [-0.2, 0) is 11.2 Å². The zero-order valence-electron chi connectivity index (χ0n) is 12.4. The number of para-hydroxylation sites is 1. The molecular weight excluding hydrogens is 284 g/mol. The lowest BCUT2D eigenvalue weighted by atomic mass is 10.2. The molecule has 0 spiro atoms. The molecule has 2 aromatic rings. The summed E-state index contributed by atoms with van der Waals surface area (Å²) in [6.07, 6.45) is 3.13. The number of amides is 1. The molecule has 21 heavy (non-hydrogen) atoms. The molecule has 112 valence electrons. The van der Waals surface area contributed by atoms with Gasteiger partial charge in [-0.2, -0.15) is 0 Å². The molecule has 1 amide bonds. The number of aryl methyl sites for hydroxylation is 1. The first-order chi connectivity index (χ1) is 10.2. The van der Waals surface area contributed by atoms with Gasteiger partial charge in [0.2, 0.25) is 11.1 Å². The van der Waals surface area contributed by atoms with E-state index in [4.69, 9.17) is 0 Å². The van der Waals surface area contributed by atoms with Crippen LogP contribution in [0, 0.1) is 0 Å². The van der Waals surface area contributed by atoms with Gasteiger partial charge in [-0.05, 0) is 18.6 Å². The summed E-state index contributed by atoms with van der Waals surface area (Å²) in [5, 5.41) is 7.68. The lowest BCUT2D eigenvalue weighted by molar-refractivity contribution is -0.115. The van der Waals surface area contributed by atoms with Crippen molar-refractivity contribution >= 4 is 23.4 Å². The summed E-state index contributed by atoms with van der Waals surface area (Å²) in [6, 6.07) is 9.60. The average molecular weight is 304 g/mol. The second-order valence-corrected chi connectivity index (χ2v) is 5.69. The molecule has 0 radical (unpaired) electrons. The summed E-state index contributed by atoms with van der Waals surface area (Å²) in [5.74, 6) is 1.26. The highest BCUT2D eigenvalue weighted by Crippen LogP contribution is 2.17. The second-order valence-electron chi connectivity index (χ2n) is 4.75. The van der Waals surface area contributed by atoms with Crippen molar-refractivity contribution in [1.29, 1.82) is 0 Å². The van der Waals surface area contributed by atoms with Gasteiger partial charge in [0.05, 0.1) is 5.75 Å². The van der Waals surface area contributed by atoms with Crippen LogP contribution in [0.4, 0.5) is 5.69 Å². The molecule has 0 aliphatic heterocycles. The van der Waals surface area contributed by atoms with E-state index < -0.39 is 0 Å². The highest BCUT2D eigenvalue weighted by atomic mass is 32.2. The van der Waals surface area contributed by atoms with Crippen LogP contribution >= 0.6 is 11.8 Å². The number of nitrogens with zero attached hydrogens (tertiary/aromatic N) is 3. The summed E-state index contributed by atoms with van der Waals surface area (Å²) in [5.41, 5.74) is 0.890. The minimum absolute atomic E-state index is 0.0334. The first-order valence-electron chi connectivity index (χ1n) is 7.06. The Morgan fingerprint density at radius 3 is 2.81 bits per heavy atom. The first-order valence-corrected chi connectivity index (χ1v) is 8.05. The Labute approximate surface area is 129 Å². The van der Waals surface area contributed by atoms with Crippen molar-refractivity contribution in [3.8, 4) is 0 Å². The van der Waals surface area contributed by atoms with E-state index in [-0.39, 0.29) is 5.91 Å². The SMILES string of the molecule is CCCCc1nc(SCC(=O)N(C)c2ccccc2)n[nH]1. The summed E-state index contributed by atoms with van der Waals surface area (Å²) < 4.78 is 0. The number of nitrogens with one attached hydrogen (secondary N) is 1. The fourth-order valence-corrected chi connectivity index (χ4v) is 2.55. The third-order valence-corrected chi connectivity index (χ3v) is 3.95. The van der Waals surface area contributed by atoms with Crippen molar-refractivity contribution in [2.75, 3.05) is 17.7 Å². The van der Waals surface area contributed by atoms with Crippen molar-refractivity contribution in [3.63, 3.8) is 0 Å². The van der Waals surface area contributed by atoms with Gasteiger partial charge in [-0.1, -0.05) is 43.3 Å². The van der Waals surface area contributed by atoms with E-state index in [0.717, 1.165) is 30.8 Å². The molecule has 1 aromatic carbocycles. The molecule has 0 aliphatic rings. The largest absolute Gasteiger partial charge is 0.315 e. The van der Waals surface area contributed by atoms with E-state index in [1.165, 1.54) is 11.8 Å². The summed E-state index contributed by atoms with van der Waals surface area (Å²) >= 11 is 1.36. The number of carbonyl (C=O) groups excluding carboxylic acids is 1. The van der Waals surface area contributed by atoms with E-state index >= 15 is 0 Å². The zero-order chi connectivity index (χ0) is 15.1. The molecule has 0 unspecified atom stereocenters. The fourth-order valence-electron chi connectivity index (χ4n) is 1.82. The number of anilines is 1. The van der Waals surface area contributed by atoms with Gasteiger partial charge in [0.15, 0.2) is 0 Å². The van der Waals surface area contributed by atoms with Crippen LogP contribution < -0.4 is 4.90 Å². The molecule has 1 aromatic heterocycles. The lowest BCUT2D eigenvalue weighted by Gasteiger charge is -2.16. The Balaban J connectivity index is 1.85. The predicted molar refractivity (Wildman–Crippen MR) is 85.6 cm³/mol. The Bertz CT molecular complexity index is 570. The van der Waals surface area contributed by atoms with Crippen LogP contribution in [0.15, 0.2) is 35.5 Å². The monoisotopic (exact) mass is 304 g/mol. The molecule has 6 heteroatoms. The Morgan fingerprint density at radius 1 is 1.33 bits per heavy atom. The zero-order valence-corrected chi connectivity index (χ0v) is 13.2. The third-order valence-electron chi connectivity index (χ3n) is 3.12. The maximum atomic E-state index is 12.1. The molecule has 0 fully saturated rings. The molecule has 0 atom stereocenters. The van der Waals surface area contributed by atoms with E-state index in [1.54, 1.807) is 11.9 Å². The van der Waals surface area contributed by atoms with Gasteiger partial charge in [0.25, 0.3) is 0 Å². The van der Waals surface area contributed by atoms with E-state index in [2.05, 4.69) is 22.1 Å². The highest BCUT2D eigenvalue weighted by Gasteiger charge is 2.12. The quantitative estimate of drug-likeness (QED) is 0.799. The van der Waals surface area contributed by atoms with Gasteiger partial charge in [-0.3, -0.25) is 9.89 Å². The number of thioether (sulfide) groups is 1. The number of benzene rings is 1. The summed E-state index contributed by atoms with van der Waals surface area (Å²) in [7, 11) is 1.78. The van der Waals surface area contributed by atoms with Gasteiger partial charge in [-0.15, -0.1) is 5.10 Å². The van der Waals surface area contributed by atoms with Crippen molar-refractivity contribution in [3.05, 3.63) is 36.2 Å². The summed E-state index contributed by atoms with van der Waals surface area (Å²) in [4.78, 5) is 18.2. The molecule has 0 saturated heterocycles.